The topological polar surface area (TPSA) is 28.1 Å². The van der Waals surface area contributed by atoms with Crippen molar-refractivity contribution in [1.82, 2.24) is 5.01 Å². The van der Waals surface area contributed by atoms with Crippen molar-refractivity contribution < 1.29 is 4.74 Å². The van der Waals surface area contributed by atoms with Crippen LogP contribution in [-0.4, -0.2) is 37.4 Å². The van der Waals surface area contributed by atoms with Crippen LogP contribution in [-0.2, 0) is 6.61 Å². The fourth-order valence-corrected chi connectivity index (χ4v) is 3.42. The Balaban J connectivity index is 1.30. The Hall–Kier alpha value is -2.98. The van der Waals surface area contributed by atoms with E-state index < -0.39 is 0 Å². The van der Waals surface area contributed by atoms with Crippen LogP contribution in [0.2, 0.25) is 5.02 Å². The lowest BCUT2D eigenvalue weighted by Gasteiger charge is -2.34. The van der Waals surface area contributed by atoms with Gasteiger partial charge in [0.1, 0.15) is 12.4 Å². The van der Waals surface area contributed by atoms with Gasteiger partial charge in [-0.1, -0.05) is 54.1 Å². The Kier molecular flexibility index (Phi) is 6.32. The van der Waals surface area contributed by atoms with Gasteiger partial charge in [-0.25, -0.2) is 0 Å². The number of hydrogen-bond acceptors (Lipinski definition) is 4. The second kappa shape index (κ2) is 9.48. The molecule has 0 bridgehead atoms. The molecule has 1 aliphatic rings. The summed E-state index contributed by atoms with van der Waals surface area (Å²) in [6, 6.07) is 26.3. The minimum absolute atomic E-state index is 0.564. The molecule has 0 saturated carbocycles. The van der Waals surface area contributed by atoms with Crippen molar-refractivity contribution in [2.75, 3.05) is 31.1 Å². The number of rotatable bonds is 6. The fourth-order valence-electron chi connectivity index (χ4n) is 3.30. The standard InChI is InChI=1S/C24H24ClN3O/c25-22-9-11-23(12-10-22)27-13-15-28(16-14-27)26-18-21-7-4-8-24(17-21)29-19-20-5-2-1-3-6-20/h1-12,17-18H,13-16,19H2/b26-18+. The summed E-state index contributed by atoms with van der Waals surface area (Å²) in [7, 11) is 0. The largest absolute Gasteiger partial charge is 0.489 e. The quantitative estimate of drug-likeness (QED) is 0.535. The number of hydrogen-bond donors (Lipinski definition) is 0. The summed E-state index contributed by atoms with van der Waals surface area (Å²) in [5.41, 5.74) is 3.40. The highest BCUT2D eigenvalue weighted by Crippen LogP contribution is 2.20. The van der Waals surface area contributed by atoms with Crippen LogP contribution < -0.4 is 9.64 Å². The Labute approximate surface area is 177 Å². The van der Waals surface area contributed by atoms with Crippen LogP contribution in [0.4, 0.5) is 5.69 Å². The average molecular weight is 406 g/mol. The number of piperazine rings is 1. The molecule has 148 valence electrons. The normalized spacial score (nSPS) is 14.4. The Morgan fingerprint density at radius 3 is 2.38 bits per heavy atom. The maximum atomic E-state index is 5.98. The molecule has 3 aromatic carbocycles. The Morgan fingerprint density at radius 2 is 1.62 bits per heavy atom. The highest BCUT2D eigenvalue weighted by Gasteiger charge is 2.15. The zero-order valence-electron chi connectivity index (χ0n) is 16.2. The molecule has 0 spiro atoms. The molecule has 3 aromatic rings. The first kappa shape index (κ1) is 19.3. The van der Waals surface area contributed by atoms with Gasteiger partial charge in [0.15, 0.2) is 0 Å². The van der Waals surface area contributed by atoms with E-state index in [9.17, 15) is 0 Å². The van der Waals surface area contributed by atoms with E-state index in [1.807, 2.05) is 60.8 Å². The lowest BCUT2D eigenvalue weighted by molar-refractivity contribution is 0.272. The molecule has 1 heterocycles. The van der Waals surface area contributed by atoms with Crippen molar-refractivity contribution >= 4 is 23.5 Å². The Bertz CT molecular complexity index is 936. The highest BCUT2D eigenvalue weighted by molar-refractivity contribution is 6.30. The third-order valence-electron chi connectivity index (χ3n) is 4.92. The Morgan fingerprint density at radius 1 is 0.862 bits per heavy atom. The van der Waals surface area contributed by atoms with Gasteiger partial charge >= 0.3 is 0 Å². The second-order valence-corrected chi connectivity index (χ2v) is 7.44. The van der Waals surface area contributed by atoms with Crippen LogP contribution in [0.3, 0.4) is 0 Å². The van der Waals surface area contributed by atoms with Crippen molar-refractivity contribution in [1.29, 1.82) is 0 Å². The number of anilines is 1. The van der Waals surface area contributed by atoms with Crippen LogP contribution in [0, 0.1) is 0 Å². The molecule has 4 nitrogen and oxygen atoms in total. The third-order valence-corrected chi connectivity index (χ3v) is 5.18. The van der Waals surface area contributed by atoms with Crippen molar-refractivity contribution in [3.63, 3.8) is 0 Å². The summed E-state index contributed by atoms with van der Waals surface area (Å²) in [6.07, 6.45) is 1.91. The van der Waals surface area contributed by atoms with E-state index in [0.29, 0.717) is 6.61 Å². The molecular weight excluding hydrogens is 382 g/mol. The minimum atomic E-state index is 0.564. The molecule has 0 unspecified atom stereocenters. The molecule has 0 amide bonds. The van der Waals surface area contributed by atoms with Gasteiger partial charge in [-0.15, -0.1) is 0 Å². The summed E-state index contributed by atoms with van der Waals surface area (Å²) in [6.45, 7) is 4.24. The number of benzene rings is 3. The fraction of sp³-hybridized carbons (Fsp3) is 0.208. The molecule has 1 saturated heterocycles. The maximum Gasteiger partial charge on any atom is 0.120 e. The zero-order valence-corrected chi connectivity index (χ0v) is 17.0. The number of nitrogens with zero attached hydrogens (tertiary/aromatic N) is 3. The molecule has 29 heavy (non-hydrogen) atoms. The van der Waals surface area contributed by atoms with Crippen LogP contribution in [0.15, 0.2) is 84.0 Å². The zero-order chi connectivity index (χ0) is 19.9. The van der Waals surface area contributed by atoms with Gasteiger partial charge < -0.3 is 9.64 Å². The second-order valence-electron chi connectivity index (χ2n) is 7.01. The molecule has 1 aliphatic heterocycles. The van der Waals surface area contributed by atoms with E-state index in [2.05, 4.69) is 39.3 Å². The van der Waals surface area contributed by atoms with Gasteiger partial charge in [0.2, 0.25) is 0 Å². The molecule has 0 N–H and O–H groups in total. The summed E-state index contributed by atoms with van der Waals surface area (Å²) >= 11 is 5.98. The van der Waals surface area contributed by atoms with Crippen LogP contribution in [0.5, 0.6) is 5.75 Å². The van der Waals surface area contributed by atoms with Gasteiger partial charge in [-0.05, 0) is 47.5 Å². The van der Waals surface area contributed by atoms with Crippen LogP contribution in [0.1, 0.15) is 11.1 Å². The van der Waals surface area contributed by atoms with Gasteiger partial charge in [0, 0.05) is 23.8 Å². The van der Waals surface area contributed by atoms with Gasteiger partial charge in [-0.2, -0.15) is 5.10 Å². The van der Waals surface area contributed by atoms with Gasteiger partial charge in [0.25, 0.3) is 0 Å². The average Bonchev–Trinajstić information content (AvgIpc) is 2.78. The molecular formula is C24H24ClN3O. The molecule has 0 aliphatic carbocycles. The molecule has 5 heteroatoms. The number of halogens is 1. The predicted molar refractivity (Wildman–Crippen MR) is 120 cm³/mol. The number of hydrazone groups is 1. The maximum absolute atomic E-state index is 5.98. The van der Waals surface area contributed by atoms with E-state index in [1.54, 1.807) is 0 Å². The van der Waals surface area contributed by atoms with E-state index in [0.717, 1.165) is 48.1 Å². The molecule has 4 rings (SSSR count). The van der Waals surface area contributed by atoms with Crippen LogP contribution >= 0.6 is 11.6 Å². The highest BCUT2D eigenvalue weighted by atomic mass is 35.5. The first-order valence-electron chi connectivity index (χ1n) is 9.82. The molecule has 0 radical (unpaired) electrons. The van der Waals surface area contributed by atoms with Crippen molar-refractivity contribution in [3.8, 4) is 5.75 Å². The third kappa shape index (κ3) is 5.52. The van der Waals surface area contributed by atoms with E-state index in [-0.39, 0.29) is 0 Å². The van der Waals surface area contributed by atoms with Crippen molar-refractivity contribution in [3.05, 3.63) is 95.0 Å². The minimum Gasteiger partial charge on any atom is -0.489 e. The summed E-state index contributed by atoms with van der Waals surface area (Å²) in [4.78, 5) is 2.36. The van der Waals surface area contributed by atoms with E-state index in [4.69, 9.17) is 16.3 Å². The van der Waals surface area contributed by atoms with Crippen molar-refractivity contribution in [2.24, 2.45) is 5.10 Å². The summed E-state index contributed by atoms with van der Waals surface area (Å²) in [5.74, 6) is 0.852. The van der Waals surface area contributed by atoms with Crippen molar-refractivity contribution in [2.45, 2.75) is 6.61 Å². The monoisotopic (exact) mass is 405 g/mol. The first-order valence-corrected chi connectivity index (χ1v) is 10.2. The number of ether oxygens (including phenoxy) is 1. The summed E-state index contributed by atoms with van der Waals surface area (Å²) in [5, 5.41) is 7.55. The molecule has 0 atom stereocenters. The predicted octanol–water partition coefficient (Wildman–Crippen LogP) is 5.08. The SMILES string of the molecule is Clc1ccc(N2CCN(/N=C/c3cccc(OCc4ccccc4)c3)CC2)cc1. The van der Waals surface area contributed by atoms with E-state index in [1.165, 1.54) is 5.69 Å². The van der Waals surface area contributed by atoms with Crippen LogP contribution in [0.25, 0.3) is 0 Å². The van der Waals surface area contributed by atoms with Gasteiger partial charge in [0.05, 0.1) is 19.3 Å². The molecule has 0 aromatic heterocycles. The summed E-state index contributed by atoms with van der Waals surface area (Å²) < 4.78 is 5.90. The first-order chi connectivity index (χ1) is 14.3. The lowest BCUT2D eigenvalue weighted by atomic mass is 10.2. The smallest absolute Gasteiger partial charge is 0.120 e. The lowest BCUT2D eigenvalue weighted by Crippen LogP contribution is -2.44. The van der Waals surface area contributed by atoms with Gasteiger partial charge in [-0.3, -0.25) is 5.01 Å². The molecule has 1 fully saturated rings. The van der Waals surface area contributed by atoms with E-state index >= 15 is 0 Å².